The fourth-order valence-corrected chi connectivity index (χ4v) is 4.89. The molecule has 0 saturated heterocycles. The molecule has 7 nitrogen and oxygen atoms in total. The van der Waals surface area contributed by atoms with E-state index in [1.807, 2.05) is 45.0 Å². The van der Waals surface area contributed by atoms with Crippen molar-refractivity contribution >= 4 is 39.1 Å². The highest BCUT2D eigenvalue weighted by molar-refractivity contribution is 7.92. The lowest BCUT2D eigenvalue weighted by Crippen LogP contribution is -2.49. The number of nitrogens with zero attached hydrogens (tertiary/aromatic N) is 2. The van der Waals surface area contributed by atoms with Crippen LogP contribution in [-0.4, -0.2) is 50.5 Å². The number of amides is 2. The lowest BCUT2D eigenvalue weighted by Gasteiger charge is -2.31. The maximum Gasteiger partial charge on any atom is 0.242 e. The average Bonchev–Trinajstić information content (AvgIpc) is 2.78. The molecule has 1 atom stereocenters. The van der Waals surface area contributed by atoms with Gasteiger partial charge >= 0.3 is 0 Å². The van der Waals surface area contributed by atoms with Crippen LogP contribution in [-0.2, 0) is 26.2 Å². The van der Waals surface area contributed by atoms with E-state index in [-0.39, 0.29) is 24.8 Å². The molecule has 34 heavy (non-hydrogen) atoms. The summed E-state index contributed by atoms with van der Waals surface area (Å²) in [4.78, 5) is 27.7. The Balaban J connectivity index is 2.20. The minimum absolute atomic E-state index is 0.112. The molecule has 0 spiro atoms. The predicted octanol–water partition coefficient (Wildman–Crippen LogP) is 4.14. The van der Waals surface area contributed by atoms with Gasteiger partial charge in [0.25, 0.3) is 0 Å². The summed E-state index contributed by atoms with van der Waals surface area (Å²) in [7, 11) is -3.54. The molecular weight excluding hydrogens is 474 g/mol. The molecule has 0 aromatic heterocycles. The Morgan fingerprint density at radius 2 is 1.71 bits per heavy atom. The normalized spacial score (nSPS) is 12.1. The first-order valence-corrected chi connectivity index (χ1v) is 13.7. The second kappa shape index (κ2) is 12.8. The Morgan fingerprint density at radius 3 is 2.26 bits per heavy atom. The quantitative estimate of drug-likeness (QED) is 0.467. The predicted molar refractivity (Wildman–Crippen MR) is 137 cm³/mol. The highest BCUT2D eigenvalue weighted by Gasteiger charge is 2.28. The van der Waals surface area contributed by atoms with Crippen LogP contribution in [0.5, 0.6) is 0 Å². The number of aryl methyl sites for hydroxylation is 1. The summed E-state index contributed by atoms with van der Waals surface area (Å²) < 4.78 is 26.0. The minimum Gasteiger partial charge on any atom is -0.355 e. The number of carbonyl (C=O) groups is 2. The monoisotopic (exact) mass is 507 g/mol. The number of halogens is 1. The van der Waals surface area contributed by atoms with E-state index in [1.165, 1.54) is 4.31 Å². The number of likely N-dealkylation sites (N-methyl/N-ethyl adjacent to an activating group) is 1. The molecule has 0 aliphatic rings. The number of benzene rings is 2. The second-order valence-corrected chi connectivity index (χ2v) is 10.5. The van der Waals surface area contributed by atoms with Crippen molar-refractivity contribution in [2.24, 2.45) is 0 Å². The summed E-state index contributed by atoms with van der Waals surface area (Å²) in [5.41, 5.74) is 2.50. The summed E-state index contributed by atoms with van der Waals surface area (Å²) in [6.45, 7) is 6.63. The zero-order valence-electron chi connectivity index (χ0n) is 20.3. The Kier molecular flexibility index (Phi) is 10.4. The van der Waals surface area contributed by atoms with Crippen LogP contribution in [0.15, 0.2) is 48.5 Å². The number of hydrogen-bond acceptors (Lipinski definition) is 4. The van der Waals surface area contributed by atoms with Crippen LogP contribution < -0.4 is 9.62 Å². The molecule has 0 fully saturated rings. The van der Waals surface area contributed by atoms with Crippen LogP contribution in [0.25, 0.3) is 0 Å². The van der Waals surface area contributed by atoms with Gasteiger partial charge in [0.05, 0.1) is 11.9 Å². The number of rotatable bonds is 12. The molecule has 2 rings (SSSR count). The summed E-state index contributed by atoms with van der Waals surface area (Å²) in [5, 5.41) is 3.33. The third-order valence-corrected chi connectivity index (χ3v) is 7.05. The van der Waals surface area contributed by atoms with Gasteiger partial charge in [-0.1, -0.05) is 42.8 Å². The van der Waals surface area contributed by atoms with E-state index in [0.29, 0.717) is 36.6 Å². The van der Waals surface area contributed by atoms with E-state index in [2.05, 4.69) is 5.32 Å². The number of hydrogen-bond donors (Lipinski definition) is 1. The van der Waals surface area contributed by atoms with Crippen molar-refractivity contribution in [1.29, 1.82) is 0 Å². The molecule has 0 bridgehead atoms. The molecule has 1 N–H and O–H groups in total. The van der Waals surface area contributed by atoms with Crippen LogP contribution in [0.2, 0.25) is 5.02 Å². The van der Waals surface area contributed by atoms with E-state index >= 15 is 0 Å². The van der Waals surface area contributed by atoms with Crippen molar-refractivity contribution < 1.29 is 18.0 Å². The zero-order valence-corrected chi connectivity index (χ0v) is 21.8. The summed E-state index contributed by atoms with van der Waals surface area (Å²) in [5.74, 6) is -0.378. The van der Waals surface area contributed by atoms with Crippen molar-refractivity contribution in [2.45, 2.75) is 52.6 Å². The zero-order chi connectivity index (χ0) is 25.3. The van der Waals surface area contributed by atoms with Crippen molar-refractivity contribution in [3.05, 3.63) is 64.7 Å². The third kappa shape index (κ3) is 7.74. The third-order valence-electron chi connectivity index (χ3n) is 5.61. The maximum atomic E-state index is 13.3. The van der Waals surface area contributed by atoms with Gasteiger partial charge in [-0.3, -0.25) is 13.9 Å². The Labute approximate surface area is 208 Å². The SMILES string of the molecule is CCNC(=O)C(CC)N(Cc1ccccc1C)C(=O)CCCN(c1ccc(Cl)cc1)S(C)(=O)=O. The first-order valence-electron chi connectivity index (χ1n) is 11.4. The standard InChI is InChI=1S/C25H34ClN3O4S/c1-5-23(25(31)27-6-2)28(18-20-11-8-7-10-19(20)3)24(30)12-9-17-29(34(4,32)33)22-15-13-21(26)14-16-22/h7-8,10-11,13-16,23H,5-6,9,12,17-18H2,1-4H3,(H,27,31). The molecule has 0 heterocycles. The molecule has 186 valence electrons. The van der Waals surface area contributed by atoms with E-state index in [0.717, 1.165) is 17.4 Å². The van der Waals surface area contributed by atoms with Crippen LogP contribution in [0, 0.1) is 6.92 Å². The molecule has 2 aromatic rings. The van der Waals surface area contributed by atoms with Gasteiger partial charge < -0.3 is 10.2 Å². The Hall–Kier alpha value is -2.58. The minimum atomic E-state index is -3.54. The van der Waals surface area contributed by atoms with Crippen LogP contribution >= 0.6 is 11.6 Å². The molecule has 1 unspecified atom stereocenters. The van der Waals surface area contributed by atoms with Crippen molar-refractivity contribution in [3.8, 4) is 0 Å². The number of nitrogens with one attached hydrogen (secondary N) is 1. The van der Waals surface area contributed by atoms with Gasteiger partial charge in [0.15, 0.2) is 0 Å². The Morgan fingerprint density at radius 1 is 1.06 bits per heavy atom. The molecule has 0 aliphatic carbocycles. The fraction of sp³-hybridized carbons (Fsp3) is 0.440. The average molecular weight is 508 g/mol. The first kappa shape index (κ1) is 27.7. The maximum absolute atomic E-state index is 13.3. The molecule has 9 heteroatoms. The van der Waals surface area contributed by atoms with E-state index in [1.54, 1.807) is 29.2 Å². The van der Waals surface area contributed by atoms with E-state index in [9.17, 15) is 18.0 Å². The van der Waals surface area contributed by atoms with E-state index in [4.69, 9.17) is 11.6 Å². The van der Waals surface area contributed by atoms with Crippen molar-refractivity contribution in [1.82, 2.24) is 10.2 Å². The van der Waals surface area contributed by atoms with Gasteiger partial charge in [0, 0.05) is 31.1 Å². The summed E-state index contributed by atoms with van der Waals surface area (Å²) in [6, 6.07) is 13.7. The molecule has 0 saturated carbocycles. The van der Waals surface area contributed by atoms with Crippen LogP contribution in [0.4, 0.5) is 5.69 Å². The largest absolute Gasteiger partial charge is 0.355 e. The smallest absolute Gasteiger partial charge is 0.242 e. The number of carbonyl (C=O) groups excluding carboxylic acids is 2. The number of sulfonamides is 1. The van der Waals surface area contributed by atoms with Gasteiger partial charge in [0.1, 0.15) is 6.04 Å². The molecular formula is C25H34ClN3O4S. The Bertz CT molecular complexity index is 1070. The molecule has 2 aromatic carbocycles. The molecule has 0 radical (unpaired) electrons. The second-order valence-electron chi connectivity index (χ2n) is 8.18. The highest BCUT2D eigenvalue weighted by Crippen LogP contribution is 2.22. The summed E-state index contributed by atoms with van der Waals surface area (Å²) in [6.07, 6.45) is 2.03. The van der Waals surface area contributed by atoms with Crippen molar-refractivity contribution in [3.63, 3.8) is 0 Å². The lowest BCUT2D eigenvalue weighted by molar-refractivity contribution is -0.141. The van der Waals surface area contributed by atoms with Gasteiger partial charge in [-0.2, -0.15) is 0 Å². The lowest BCUT2D eigenvalue weighted by atomic mass is 10.1. The van der Waals surface area contributed by atoms with E-state index < -0.39 is 16.1 Å². The van der Waals surface area contributed by atoms with Crippen LogP contribution in [0.3, 0.4) is 0 Å². The van der Waals surface area contributed by atoms with Gasteiger partial charge in [-0.15, -0.1) is 0 Å². The van der Waals surface area contributed by atoms with Crippen LogP contribution in [0.1, 0.15) is 44.2 Å². The van der Waals surface area contributed by atoms with Gasteiger partial charge in [-0.05, 0) is 62.1 Å². The first-order chi connectivity index (χ1) is 16.1. The summed E-state index contributed by atoms with van der Waals surface area (Å²) >= 11 is 5.93. The van der Waals surface area contributed by atoms with Gasteiger partial charge in [-0.25, -0.2) is 8.42 Å². The topological polar surface area (TPSA) is 86.8 Å². The fourth-order valence-electron chi connectivity index (χ4n) is 3.79. The van der Waals surface area contributed by atoms with Gasteiger partial charge in [0.2, 0.25) is 21.8 Å². The van der Waals surface area contributed by atoms with Crippen molar-refractivity contribution in [2.75, 3.05) is 23.7 Å². The molecule has 2 amide bonds. The highest BCUT2D eigenvalue weighted by atomic mass is 35.5. The number of anilines is 1. The molecule has 0 aliphatic heterocycles.